The first kappa shape index (κ1) is 15.0. The lowest BCUT2D eigenvalue weighted by molar-refractivity contribution is 0.470. The van der Waals surface area contributed by atoms with Crippen molar-refractivity contribution in [2.24, 2.45) is 0 Å². The average molecular weight is 277 g/mol. The number of nitrogens with one attached hydrogen (secondary N) is 2. The third-order valence-corrected chi connectivity index (χ3v) is 3.60. The van der Waals surface area contributed by atoms with Crippen molar-refractivity contribution < 1.29 is 0 Å². The molecule has 112 valence electrons. The Bertz CT molecular complexity index is 424. The molecule has 2 aliphatic rings. The lowest BCUT2D eigenvalue weighted by Gasteiger charge is -2.33. The molecule has 1 aromatic heterocycles. The zero-order valence-electron chi connectivity index (χ0n) is 13.1. The van der Waals surface area contributed by atoms with Crippen molar-refractivity contribution >= 4 is 11.8 Å². The first-order chi connectivity index (χ1) is 9.72. The highest BCUT2D eigenvalue weighted by molar-refractivity contribution is 5.46. The summed E-state index contributed by atoms with van der Waals surface area (Å²) in [5.41, 5.74) is 1.13. The maximum atomic E-state index is 4.67. The summed E-state index contributed by atoms with van der Waals surface area (Å²) in [6, 6.07) is 2.61. The van der Waals surface area contributed by atoms with Crippen molar-refractivity contribution in [3.05, 3.63) is 11.8 Å². The molecule has 0 saturated carbocycles. The third-order valence-electron chi connectivity index (χ3n) is 3.60. The summed E-state index contributed by atoms with van der Waals surface area (Å²) in [6.45, 7) is 12.6. The smallest absolute Gasteiger partial charge is 0.227 e. The molecule has 1 aromatic rings. The molecule has 0 aromatic carbocycles. The average Bonchev–Trinajstić information content (AvgIpc) is 2.34. The topological polar surface area (TPSA) is 53.1 Å². The van der Waals surface area contributed by atoms with Crippen molar-refractivity contribution in [2.45, 2.75) is 46.1 Å². The fourth-order valence-electron chi connectivity index (χ4n) is 2.08. The van der Waals surface area contributed by atoms with Crippen LogP contribution in [0.5, 0.6) is 0 Å². The van der Waals surface area contributed by atoms with Gasteiger partial charge in [0.15, 0.2) is 0 Å². The fourth-order valence-corrected chi connectivity index (χ4v) is 2.08. The van der Waals surface area contributed by atoms with E-state index in [0.717, 1.165) is 43.6 Å². The molecule has 0 spiro atoms. The number of aromatic nitrogens is 2. The Morgan fingerprint density at radius 3 is 2.40 bits per heavy atom. The minimum absolute atomic E-state index is 0.438. The van der Waals surface area contributed by atoms with Gasteiger partial charge in [-0.05, 0) is 12.3 Å². The van der Waals surface area contributed by atoms with Crippen LogP contribution in [0.1, 0.15) is 45.7 Å². The number of anilines is 2. The largest absolute Gasteiger partial charge is 0.365 e. The van der Waals surface area contributed by atoms with Gasteiger partial charge in [0, 0.05) is 32.2 Å². The Morgan fingerprint density at radius 2 is 1.95 bits per heavy atom. The second-order valence-corrected chi connectivity index (χ2v) is 5.47. The van der Waals surface area contributed by atoms with Crippen LogP contribution >= 0.6 is 0 Å². The Labute approximate surface area is 122 Å². The predicted molar refractivity (Wildman–Crippen MR) is 84.6 cm³/mol. The molecule has 20 heavy (non-hydrogen) atoms. The monoisotopic (exact) mass is 277 g/mol. The van der Waals surface area contributed by atoms with Crippen LogP contribution in [0.3, 0.4) is 0 Å². The van der Waals surface area contributed by atoms with E-state index in [4.69, 9.17) is 0 Å². The maximum absolute atomic E-state index is 4.67. The van der Waals surface area contributed by atoms with Gasteiger partial charge < -0.3 is 15.5 Å². The Hall–Kier alpha value is -1.36. The normalized spacial score (nSPS) is 17.9. The van der Waals surface area contributed by atoms with Gasteiger partial charge in [-0.25, -0.2) is 4.98 Å². The predicted octanol–water partition coefficient (Wildman–Crippen LogP) is 2.22. The summed E-state index contributed by atoms with van der Waals surface area (Å²) in [6.07, 6.45) is 1.25. The van der Waals surface area contributed by atoms with Gasteiger partial charge in [-0.3, -0.25) is 0 Å². The highest BCUT2D eigenvalue weighted by Gasteiger charge is 2.21. The van der Waals surface area contributed by atoms with E-state index in [1.807, 2.05) is 13.8 Å². The first-order valence-corrected chi connectivity index (χ1v) is 7.83. The highest BCUT2D eigenvalue weighted by atomic mass is 15.3. The van der Waals surface area contributed by atoms with Crippen molar-refractivity contribution in [3.63, 3.8) is 0 Å². The number of nitrogens with zero attached hydrogens (tertiary/aromatic N) is 3. The zero-order valence-corrected chi connectivity index (χ0v) is 13.1. The molecular formula is C15H27N5. The van der Waals surface area contributed by atoms with Gasteiger partial charge in [-0.15, -0.1) is 0 Å². The van der Waals surface area contributed by atoms with E-state index < -0.39 is 0 Å². The van der Waals surface area contributed by atoms with Crippen molar-refractivity contribution in [1.29, 1.82) is 0 Å². The lowest BCUT2D eigenvalue weighted by atomic mass is 10.1. The molecule has 2 aliphatic heterocycles. The Morgan fingerprint density at radius 1 is 1.25 bits per heavy atom. The molecule has 2 N–H and O–H groups in total. The van der Waals surface area contributed by atoms with Crippen molar-refractivity contribution in [1.82, 2.24) is 15.3 Å². The van der Waals surface area contributed by atoms with E-state index in [1.165, 1.54) is 6.42 Å². The molecule has 0 atom stereocenters. The molecule has 0 bridgehead atoms. The zero-order chi connectivity index (χ0) is 14.5. The SMILES string of the molecule is CC.CC(C)c1cc(NC2CNC2)nc(N2CCC2)n1. The van der Waals surface area contributed by atoms with Gasteiger partial charge in [0.05, 0.1) is 11.7 Å². The number of hydrogen-bond acceptors (Lipinski definition) is 5. The van der Waals surface area contributed by atoms with Gasteiger partial charge in [0.2, 0.25) is 5.95 Å². The van der Waals surface area contributed by atoms with Crippen LogP contribution in [0.15, 0.2) is 6.07 Å². The van der Waals surface area contributed by atoms with Crippen LogP contribution in [-0.4, -0.2) is 42.2 Å². The van der Waals surface area contributed by atoms with Gasteiger partial charge >= 0.3 is 0 Å². The maximum Gasteiger partial charge on any atom is 0.227 e. The summed E-state index contributed by atoms with van der Waals surface area (Å²) in [4.78, 5) is 11.5. The van der Waals surface area contributed by atoms with Gasteiger partial charge in [0.1, 0.15) is 5.82 Å². The van der Waals surface area contributed by atoms with Gasteiger partial charge in [0.25, 0.3) is 0 Å². The van der Waals surface area contributed by atoms with Crippen LogP contribution in [0.4, 0.5) is 11.8 Å². The summed E-state index contributed by atoms with van der Waals surface area (Å²) in [5.74, 6) is 2.30. The van der Waals surface area contributed by atoms with E-state index in [1.54, 1.807) is 0 Å². The van der Waals surface area contributed by atoms with E-state index in [-0.39, 0.29) is 0 Å². The summed E-state index contributed by atoms with van der Waals surface area (Å²) in [7, 11) is 0. The van der Waals surface area contributed by atoms with E-state index in [2.05, 4.69) is 45.4 Å². The summed E-state index contributed by atoms with van der Waals surface area (Å²) >= 11 is 0. The second-order valence-electron chi connectivity index (χ2n) is 5.47. The Kier molecular flexibility index (Phi) is 5.17. The second kappa shape index (κ2) is 6.88. The van der Waals surface area contributed by atoms with Crippen LogP contribution in [0.2, 0.25) is 0 Å². The number of hydrogen-bond donors (Lipinski definition) is 2. The standard InChI is InChI=1S/C13H21N5.C2H6/c1-9(2)11-6-12(15-10-7-14-8-10)17-13(16-11)18-4-3-5-18;1-2/h6,9-10,14H,3-5,7-8H2,1-2H3,(H,15,16,17);1-2H3. The molecule has 3 rings (SSSR count). The van der Waals surface area contributed by atoms with E-state index in [9.17, 15) is 0 Å². The van der Waals surface area contributed by atoms with Crippen molar-refractivity contribution in [2.75, 3.05) is 36.4 Å². The highest BCUT2D eigenvalue weighted by Crippen LogP contribution is 2.23. The van der Waals surface area contributed by atoms with Gasteiger partial charge in [-0.1, -0.05) is 27.7 Å². The molecule has 0 amide bonds. The van der Waals surface area contributed by atoms with Crippen LogP contribution in [0, 0.1) is 0 Å². The molecule has 0 radical (unpaired) electrons. The molecule has 2 fully saturated rings. The van der Waals surface area contributed by atoms with E-state index >= 15 is 0 Å². The van der Waals surface area contributed by atoms with Crippen molar-refractivity contribution in [3.8, 4) is 0 Å². The quantitative estimate of drug-likeness (QED) is 0.884. The minimum Gasteiger partial charge on any atom is -0.365 e. The van der Waals surface area contributed by atoms with Gasteiger partial charge in [-0.2, -0.15) is 4.98 Å². The first-order valence-electron chi connectivity index (χ1n) is 7.83. The lowest BCUT2D eigenvalue weighted by Crippen LogP contribution is -2.51. The van der Waals surface area contributed by atoms with E-state index in [0.29, 0.717) is 12.0 Å². The number of rotatable bonds is 4. The van der Waals surface area contributed by atoms with Crippen LogP contribution in [-0.2, 0) is 0 Å². The molecular weight excluding hydrogens is 250 g/mol. The molecule has 5 nitrogen and oxygen atoms in total. The summed E-state index contributed by atoms with van der Waals surface area (Å²) in [5, 5.41) is 6.74. The Balaban J connectivity index is 0.000000704. The molecule has 2 saturated heterocycles. The third kappa shape index (κ3) is 3.39. The minimum atomic E-state index is 0.438. The van der Waals surface area contributed by atoms with Crippen LogP contribution < -0.4 is 15.5 Å². The molecule has 0 unspecified atom stereocenters. The van der Waals surface area contributed by atoms with Crippen LogP contribution in [0.25, 0.3) is 0 Å². The summed E-state index contributed by atoms with van der Waals surface area (Å²) < 4.78 is 0. The molecule has 3 heterocycles. The molecule has 5 heteroatoms. The fraction of sp³-hybridized carbons (Fsp3) is 0.733. The molecule has 0 aliphatic carbocycles.